The summed E-state index contributed by atoms with van der Waals surface area (Å²) in [6.07, 6.45) is -0.00630. The third-order valence-corrected chi connectivity index (χ3v) is 2.28. The molecule has 1 aromatic rings. The standard InChI is InChI=1S/C12H16FNO3/c1-3-17-12(15)7-10(14)9-6-8(13)4-5-11(9)16-2/h4-6,10H,3,7,14H2,1-2H3/t10-/m1/s1. The zero-order valence-corrected chi connectivity index (χ0v) is 9.90. The third-order valence-electron chi connectivity index (χ3n) is 2.28. The predicted octanol–water partition coefficient (Wildman–Crippen LogP) is 1.79. The number of nitrogens with two attached hydrogens (primary N) is 1. The second-order valence-corrected chi connectivity index (χ2v) is 3.50. The molecular formula is C12H16FNO3. The lowest BCUT2D eigenvalue weighted by Crippen LogP contribution is -2.18. The number of esters is 1. The Balaban J connectivity index is 2.83. The third kappa shape index (κ3) is 3.71. The highest BCUT2D eigenvalue weighted by Gasteiger charge is 2.17. The van der Waals surface area contributed by atoms with Gasteiger partial charge in [0.2, 0.25) is 0 Å². The molecule has 0 bridgehead atoms. The lowest BCUT2D eigenvalue weighted by molar-refractivity contribution is -0.143. The van der Waals surface area contributed by atoms with Gasteiger partial charge in [-0.3, -0.25) is 4.79 Å². The van der Waals surface area contributed by atoms with Crippen LogP contribution in [0.2, 0.25) is 0 Å². The Kier molecular flexibility index (Phi) is 4.90. The molecule has 0 unspecified atom stereocenters. The van der Waals surface area contributed by atoms with Crippen LogP contribution in [0.3, 0.4) is 0 Å². The molecule has 1 atom stereocenters. The lowest BCUT2D eigenvalue weighted by atomic mass is 10.0. The molecule has 0 saturated carbocycles. The van der Waals surface area contributed by atoms with Gasteiger partial charge in [0, 0.05) is 11.6 Å². The fraction of sp³-hybridized carbons (Fsp3) is 0.417. The fourth-order valence-corrected chi connectivity index (χ4v) is 1.50. The van der Waals surface area contributed by atoms with Crippen molar-refractivity contribution < 1.29 is 18.7 Å². The predicted molar refractivity (Wildman–Crippen MR) is 61.1 cm³/mol. The number of hydrogen-bond donors (Lipinski definition) is 1. The molecule has 0 aliphatic heterocycles. The van der Waals surface area contributed by atoms with Gasteiger partial charge in [-0.2, -0.15) is 0 Å². The van der Waals surface area contributed by atoms with Gasteiger partial charge in [0.05, 0.1) is 20.1 Å². The van der Waals surface area contributed by atoms with Crippen molar-refractivity contribution in [3.05, 3.63) is 29.6 Å². The number of carbonyl (C=O) groups excluding carboxylic acids is 1. The van der Waals surface area contributed by atoms with E-state index in [-0.39, 0.29) is 6.42 Å². The SMILES string of the molecule is CCOC(=O)C[C@@H](N)c1cc(F)ccc1OC. The van der Waals surface area contributed by atoms with Gasteiger partial charge in [0.25, 0.3) is 0 Å². The summed E-state index contributed by atoms with van der Waals surface area (Å²) in [4.78, 5) is 11.3. The monoisotopic (exact) mass is 241 g/mol. The Hall–Kier alpha value is -1.62. The van der Waals surface area contributed by atoms with E-state index in [4.69, 9.17) is 15.2 Å². The summed E-state index contributed by atoms with van der Waals surface area (Å²) in [5.74, 6) is -0.366. The van der Waals surface area contributed by atoms with Crippen LogP contribution in [-0.4, -0.2) is 19.7 Å². The number of rotatable bonds is 5. The molecule has 0 spiro atoms. The van der Waals surface area contributed by atoms with Crippen molar-refractivity contribution in [2.45, 2.75) is 19.4 Å². The van der Waals surface area contributed by atoms with Gasteiger partial charge < -0.3 is 15.2 Å². The Bertz CT molecular complexity index is 395. The van der Waals surface area contributed by atoms with Crippen LogP contribution in [0.4, 0.5) is 4.39 Å². The van der Waals surface area contributed by atoms with Crippen molar-refractivity contribution in [2.75, 3.05) is 13.7 Å². The summed E-state index contributed by atoms with van der Waals surface area (Å²) in [7, 11) is 1.47. The van der Waals surface area contributed by atoms with Gasteiger partial charge in [0.1, 0.15) is 11.6 Å². The molecule has 0 aromatic heterocycles. The number of hydrogen-bond acceptors (Lipinski definition) is 4. The first-order valence-corrected chi connectivity index (χ1v) is 5.33. The number of halogens is 1. The first-order valence-electron chi connectivity index (χ1n) is 5.33. The number of ether oxygens (including phenoxy) is 2. The van der Waals surface area contributed by atoms with E-state index in [0.29, 0.717) is 17.9 Å². The van der Waals surface area contributed by atoms with Crippen molar-refractivity contribution in [3.8, 4) is 5.75 Å². The molecule has 0 fully saturated rings. The van der Waals surface area contributed by atoms with Gasteiger partial charge in [-0.15, -0.1) is 0 Å². The molecule has 4 nitrogen and oxygen atoms in total. The highest BCUT2D eigenvalue weighted by atomic mass is 19.1. The van der Waals surface area contributed by atoms with Crippen molar-refractivity contribution >= 4 is 5.97 Å². The Labute approximate surface area is 99.5 Å². The van der Waals surface area contributed by atoms with Crippen LogP contribution in [0.25, 0.3) is 0 Å². The zero-order valence-electron chi connectivity index (χ0n) is 9.90. The van der Waals surface area contributed by atoms with Crippen LogP contribution < -0.4 is 10.5 Å². The minimum Gasteiger partial charge on any atom is -0.496 e. The molecule has 2 N–H and O–H groups in total. The van der Waals surface area contributed by atoms with Crippen LogP contribution in [0.15, 0.2) is 18.2 Å². The molecule has 0 aliphatic rings. The average Bonchev–Trinajstić information content (AvgIpc) is 2.29. The van der Waals surface area contributed by atoms with Crippen molar-refractivity contribution in [3.63, 3.8) is 0 Å². The van der Waals surface area contributed by atoms with Gasteiger partial charge in [-0.1, -0.05) is 0 Å². The van der Waals surface area contributed by atoms with Crippen molar-refractivity contribution in [2.24, 2.45) is 5.73 Å². The molecule has 1 aromatic carbocycles. The molecule has 17 heavy (non-hydrogen) atoms. The second-order valence-electron chi connectivity index (χ2n) is 3.50. The number of methoxy groups -OCH3 is 1. The van der Waals surface area contributed by atoms with Crippen molar-refractivity contribution in [1.82, 2.24) is 0 Å². The molecule has 5 heteroatoms. The first-order chi connectivity index (χ1) is 8.08. The molecular weight excluding hydrogens is 225 g/mol. The lowest BCUT2D eigenvalue weighted by Gasteiger charge is -2.15. The minimum atomic E-state index is -0.639. The van der Waals surface area contributed by atoms with Crippen LogP contribution in [-0.2, 0) is 9.53 Å². The van der Waals surface area contributed by atoms with E-state index < -0.39 is 17.8 Å². The van der Waals surface area contributed by atoms with E-state index in [1.54, 1.807) is 6.92 Å². The molecule has 0 heterocycles. The molecule has 0 aliphatic carbocycles. The normalized spacial score (nSPS) is 12.0. The van der Waals surface area contributed by atoms with Crippen LogP contribution in [0.1, 0.15) is 24.9 Å². The number of benzene rings is 1. The van der Waals surface area contributed by atoms with Crippen LogP contribution in [0, 0.1) is 5.82 Å². The van der Waals surface area contributed by atoms with E-state index in [1.807, 2.05) is 0 Å². The van der Waals surface area contributed by atoms with Crippen LogP contribution in [0.5, 0.6) is 5.75 Å². The highest BCUT2D eigenvalue weighted by molar-refractivity contribution is 5.70. The second kappa shape index (κ2) is 6.20. The summed E-state index contributed by atoms with van der Waals surface area (Å²) in [5.41, 5.74) is 6.28. The summed E-state index contributed by atoms with van der Waals surface area (Å²) < 4.78 is 23.0. The fourth-order valence-electron chi connectivity index (χ4n) is 1.50. The molecule has 1 rings (SSSR count). The topological polar surface area (TPSA) is 61.5 Å². The van der Waals surface area contributed by atoms with E-state index in [0.717, 1.165) is 0 Å². The Morgan fingerprint density at radius 1 is 1.53 bits per heavy atom. The van der Waals surface area contributed by atoms with Gasteiger partial charge in [-0.25, -0.2) is 4.39 Å². The van der Waals surface area contributed by atoms with Gasteiger partial charge in [-0.05, 0) is 25.1 Å². The largest absolute Gasteiger partial charge is 0.496 e. The van der Waals surface area contributed by atoms with E-state index in [2.05, 4.69) is 0 Å². The van der Waals surface area contributed by atoms with E-state index in [1.165, 1.54) is 25.3 Å². The zero-order chi connectivity index (χ0) is 12.8. The summed E-state index contributed by atoms with van der Waals surface area (Å²) in [6, 6.07) is 3.39. The molecule has 94 valence electrons. The quantitative estimate of drug-likeness (QED) is 0.798. The molecule has 0 amide bonds. The van der Waals surface area contributed by atoms with Gasteiger partial charge >= 0.3 is 5.97 Å². The van der Waals surface area contributed by atoms with E-state index in [9.17, 15) is 9.18 Å². The summed E-state index contributed by atoms with van der Waals surface area (Å²) in [5, 5.41) is 0. The maximum Gasteiger partial charge on any atom is 0.307 e. The maximum atomic E-state index is 13.1. The van der Waals surface area contributed by atoms with Crippen molar-refractivity contribution in [1.29, 1.82) is 0 Å². The van der Waals surface area contributed by atoms with E-state index >= 15 is 0 Å². The van der Waals surface area contributed by atoms with Gasteiger partial charge in [0.15, 0.2) is 0 Å². The first kappa shape index (κ1) is 13.4. The highest BCUT2D eigenvalue weighted by Crippen LogP contribution is 2.26. The Morgan fingerprint density at radius 3 is 2.82 bits per heavy atom. The summed E-state index contributed by atoms with van der Waals surface area (Å²) >= 11 is 0. The average molecular weight is 241 g/mol. The smallest absolute Gasteiger partial charge is 0.307 e. The number of carbonyl (C=O) groups is 1. The summed E-state index contributed by atoms with van der Waals surface area (Å²) in [6.45, 7) is 2.01. The molecule has 0 saturated heterocycles. The van der Waals surface area contributed by atoms with Crippen LogP contribution >= 0.6 is 0 Å². The minimum absolute atomic E-state index is 0.00630. The Morgan fingerprint density at radius 2 is 2.24 bits per heavy atom. The maximum absolute atomic E-state index is 13.1. The molecule has 0 radical (unpaired) electrons.